The molecule has 1 atom stereocenters. The van der Waals surface area contributed by atoms with Crippen LogP contribution in [0, 0.1) is 13.8 Å². The van der Waals surface area contributed by atoms with E-state index >= 15 is 0 Å². The quantitative estimate of drug-likeness (QED) is 0.927. The molecule has 0 saturated heterocycles. The molecule has 1 aromatic carbocycles. The zero-order valence-electron chi connectivity index (χ0n) is 11.2. The van der Waals surface area contributed by atoms with Gasteiger partial charge in [0.2, 0.25) is 0 Å². The zero-order valence-corrected chi connectivity index (χ0v) is 12.8. The van der Waals surface area contributed by atoms with Crippen molar-refractivity contribution < 1.29 is 4.74 Å². The van der Waals surface area contributed by atoms with Crippen molar-refractivity contribution in [3.63, 3.8) is 0 Å². The molecule has 1 heterocycles. The van der Waals surface area contributed by atoms with Crippen LogP contribution in [0.3, 0.4) is 0 Å². The molecular weight excluding hydrogens is 280 g/mol. The SMILES string of the molecule is Cc1nc(COc2ccc([C@@H](C)N)cc2Cl)sc1C. The molecule has 0 bridgehead atoms. The monoisotopic (exact) mass is 296 g/mol. The largest absolute Gasteiger partial charge is 0.485 e. The smallest absolute Gasteiger partial charge is 0.140 e. The third kappa shape index (κ3) is 3.47. The molecule has 2 aromatic rings. The van der Waals surface area contributed by atoms with E-state index in [-0.39, 0.29) is 6.04 Å². The Labute approximate surface area is 122 Å². The highest BCUT2D eigenvalue weighted by molar-refractivity contribution is 7.11. The van der Waals surface area contributed by atoms with Gasteiger partial charge in [0.25, 0.3) is 0 Å². The number of benzene rings is 1. The van der Waals surface area contributed by atoms with Gasteiger partial charge in [-0.15, -0.1) is 11.3 Å². The highest BCUT2D eigenvalue weighted by atomic mass is 35.5. The summed E-state index contributed by atoms with van der Waals surface area (Å²) in [6.07, 6.45) is 0. The minimum Gasteiger partial charge on any atom is -0.485 e. The topological polar surface area (TPSA) is 48.1 Å². The number of thiazole rings is 1. The van der Waals surface area contributed by atoms with Gasteiger partial charge in [-0.25, -0.2) is 4.98 Å². The molecule has 3 nitrogen and oxygen atoms in total. The summed E-state index contributed by atoms with van der Waals surface area (Å²) in [5.41, 5.74) is 7.87. The van der Waals surface area contributed by atoms with Crippen molar-refractivity contribution in [1.82, 2.24) is 4.98 Å². The number of aromatic nitrogens is 1. The fourth-order valence-electron chi connectivity index (χ4n) is 1.66. The molecule has 0 unspecified atom stereocenters. The first-order chi connectivity index (χ1) is 8.97. The van der Waals surface area contributed by atoms with Gasteiger partial charge in [0, 0.05) is 10.9 Å². The molecule has 0 fully saturated rings. The van der Waals surface area contributed by atoms with Crippen LogP contribution in [-0.2, 0) is 6.61 Å². The van der Waals surface area contributed by atoms with E-state index in [9.17, 15) is 0 Å². The lowest BCUT2D eigenvalue weighted by Gasteiger charge is -2.10. The minimum atomic E-state index is -0.0317. The van der Waals surface area contributed by atoms with Gasteiger partial charge in [-0.05, 0) is 38.5 Å². The Hall–Kier alpha value is -1.10. The molecule has 0 amide bonds. The van der Waals surface area contributed by atoms with Gasteiger partial charge in [-0.3, -0.25) is 0 Å². The second-order valence-electron chi connectivity index (χ2n) is 4.52. The van der Waals surface area contributed by atoms with E-state index in [0.29, 0.717) is 17.4 Å². The highest BCUT2D eigenvalue weighted by Crippen LogP contribution is 2.28. The van der Waals surface area contributed by atoms with Crippen LogP contribution in [-0.4, -0.2) is 4.98 Å². The van der Waals surface area contributed by atoms with E-state index in [4.69, 9.17) is 22.1 Å². The van der Waals surface area contributed by atoms with Crippen LogP contribution in [0.25, 0.3) is 0 Å². The molecule has 0 aliphatic heterocycles. The number of aryl methyl sites for hydroxylation is 2. The van der Waals surface area contributed by atoms with Crippen molar-refractivity contribution in [3.05, 3.63) is 44.4 Å². The Kier molecular flexibility index (Phi) is 4.45. The van der Waals surface area contributed by atoms with Gasteiger partial charge >= 0.3 is 0 Å². The maximum atomic E-state index is 6.18. The van der Waals surface area contributed by atoms with Crippen molar-refractivity contribution >= 4 is 22.9 Å². The van der Waals surface area contributed by atoms with Crippen molar-refractivity contribution in [2.24, 2.45) is 5.73 Å². The van der Waals surface area contributed by atoms with Crippen LogP contribution in [0.1, 0.15) is 34.1 Å². The Morgan fingerprint density at radius 2 is 2.16 bits per heavy atom. The predicted octanol–water partition coefficient (Wildman–Crippen LogP) is 4.01. The van der Waals surface area contributed by atoms with E-state index in [0.717, 1.165) is 16.3 Å². The van der Waals surface area contributed by atoms with Crippen LogP contribution in [0.15, 0.2) is 18.2 Å². The number of nitrogens with two attached hydrogens (primary N) is 1. The summed E-state index contributed by atoms with van der Waals surface area (Å²) in [4.78, 5) is 5.65. The second-order valence-corrected chi connectivity index (χ2v) is 6.21. The van der Waals surface area contributed by atoms with Gasteiger partial charge < -0.3 is 10.5 Å². The first-order valence-corrected chi connectivity index (χ1v) is 7.27. The van der Waals surface area contributed by atoms with Gasteiger partial charge in [-0.2, -0.15) is 0 Å². The number of ether oxygens (including phenoxy) is 1. The van der Waals surface area contributed by atoms with Crippen LogP contribution < -0.4 is 10.5 Å². The third-order valence-corrected chi connectivity index (χ3v) is 4.25. The van der Waals surface area contributed by atoms with E-state index in [1.54, 1.807) is 11.3 Å². The standard InChI is InChI=1S/C14H17ClN2OS/c1-8(16)11-4-5-13(12(15)6-11)18-7-14-17-9(2)10(3)19-14/h4-6,8H,7,16H2,1-3H3/t8-/m1/s1. The first-order valence-electron chi connectivity index (χ1n) is 6.08. The molecule has 102 valence electrons. The van der Waals surface area contributed by atoms with E-state index in [1.807, 2.05) is 32.0 Å². The molecule has 2 N–H and O–H groups in total. The summed E-state index contributed by atoms with van der Waals surface area (Å²) >= 11 is 7.83. The van der Waals surface area contributed by atoms with Gasteiger partial charge in [0.1, 0.15) is 17.4 Å². The molecule has 0 saturated carbocycles. The fraction of sp³-hybridized carbons (Fsp3) is 0.357. The lowest BCUT2D eigenvalue weighted by atomic mass is 10.1. The lowest BCUT2D eigenvalue weighted by Crippen LogP contribution is -2.05. The summed E-state index contributed by atoms with van der Waals surface area (Å²) in [5, 5.41) is 1.54. The Morgan fingerprint density at radius 1 is 1.42 bits per heavy atom. The Bertz CT molecular complexity index is 561. The number of hydrogen-bond acceptors (Lipinski definition) is 4. The van der Waals surface area contributed by atoms with Crippen molar-refractivity contribution in [1.29, 1.82) is 0 Å². The summed E-state index contributed by atoms with van der Waals surface area (Å²) < 4.78 is 5.70. The van der Waals surface area contributed by atoms with E-state index in [2.05, 4.69) is 11.9 Å². The van der Waals surface area contributed by atoms with Crippen molar-refractivity contribution in [2.45, 2.75) is 33.4 Å². The van der Waals surface area contributed by atoms with Gasteiger partial charge in [0.05, 0.1) is 10.7 Å². The molecule has 2 rings (SSSR count). The Balaban J connectivity index is 2.07. The van der Waals surface area contributed by atoms with Crippen LogP contribution in [0.2, 0.25) is 5.02 Å². The van der Waals surface area contributed by atoms with Crippen LogP contribution in [0.4, 0.5) is 0 Å². The first kappa shape index (κ1) is 14.3. The highest BCUT2D eigenvalue weighted by Gasteiger charge is 2.08. The maximum absolute atomic E-state index is 6.18. The average Bonchev–Trinajstić information content (AvgIpc) is 2.67. The zero-order chi connectivity index (χ0) is 14.0. The normalized spacial score (nSPS) is 12.5. The number of halogens is 1. The average molecular weight is 297 g/mol. The fourth-order valence-corrected chi connectivity index (χ4v) is 2.75. The maximum Gasteiger partial charge on any atom is 0.140 e. The van der Waals surface area contributed by atoms with Gasteiger partial charge in [0.15, 0.2) is 0 Å². The van der Waals surface area contributed by atoms with Crippen LogP contribution >= 0.6 is 22.9 Å². The summed E-state index contributed by atoms with van der Waals surface area (Å²) in [5.74, 6) is 0.663. The molecule has 0 spiro atoms. The molecule has 19 heavy (non-hydrogen) atoms. The number of rotatable bonds is 4. The molecule has 1 aromatic heterocycles. The summed E-state index contributed by atoms with van der Waals surface area (Å²) in [7, 11) is 0. The Morgan fingerprint density at radius 3 is 2.68 bits per heavy atom. The third-order valence-electron chi connectivity index (χ3n) is 2.91. The van der Waals surface area contributed by atoms with Gasteiger partial charge in [-0.1, -0.05) is 17.7 Å². The van der Waals surface area contributed by atoms with Crippen molar-refractivity contribution in [2.75, 3.05) is 0 Å². The minimum absolute atomic E-state index is 0.0317. The van der Waals surface area contributed by atoms with Crippen LogP contribution in [0.5, 0.6) is 5.75 Å². The van der Waals surface area contributed by atoms with Crippen molar-refractivity contribution in [3.8, 4) is 5.75 Å². The van der Waals surface area contributed by atoms with E-state index in [1.165, 1.54) is 4.88 Å². The summed E-state index contributed by atoms with van der Waals surface area (Å²) in [6.45, 7) is 6.42. The molecule has 0 aliphatic carbocycles. The predicted molar refractivity (Wildman–Crippen MR) is 80.0 cm³/mol. The number of nitrogens with zero attached hydrogens (tertiary/aromatic N) is 1. The lowest BCUT2D eigenvalue weighted by molar-refractivity contribution is 0.305. The molecular formula is C14H17ClN2OS. The molecule has 5 heteroatoms. The molecule has 0 aliphatic rings. The number of hydrogen-bond donors (Lipinski definition) is 1. The summed E-state index contributed by atoms with van der Waals surface area (Å²) in [6, 6.07) is 5.61. The molecule has 0 radical (unpaired) electrons. The van der Waals surface area contributed by atoms with E-state index < -0.39 is 0 Å². The second kappa shape index (κ2) is 5.90.